The van der Waals surface area contributed by atoms with Crippen LogP contribution in [0.25, 0.3) is 11.3 Å². The summed E-state index contributed by atoms with van der Waals surface area (Å²) in [6.45, 7) is 4.59. The Bertz CT molecular complexity index is 1200. The van der Waals surface area contributed by atoms with Crippen molar-refractivity contribution in [2.45, 2.75) is 43.2 Å². The van der Waals surface area contributed by atoms with Crippen LogP contribution in [0.4, 0.5) is 5.69 Å². The van der Waals surface area contributed by atoms with Crippen molar-refractivity contribution in [3.05, 3.63) is 52.1 Å². The van der Waals surface area contributed by atoms with Gasteiger partial charge in [0.25, 0.3) is 5.56 Å². The number of fused-ring (bicyclic) bond motifs is 2. The first-order valence-electron chi connectivity index (χ1n) is 9.83. The molecule has 0 saturated heterocycles. The van der Waals surface area contributed by atoms with Crippen LogP contribution in [0.3, 0.4) is 0 Å². The van der Waals surface area contributed by atoms with Crippen LogP contribution < -0.4 is 10.9 Å². The van der Waals surface area contributed by atoms with Crippen molar-refractivity contribution in [2.24, 2.45) is 0 Å². The lowest BCUT2D eigenvalue weighted by molar-refractivity contribution is -0.116. The summed E-state index contributed by atoms with van der Waals surface area (Å²) < 4.78 is 3.82. The van der Waals surface area contributed by atoms with E-state index in [2.05, 4.69) is 14.9 Å². The number of nitrogens with one attached hydrogen (secondary N) is 1. The van der Waals surface area contributed by atoms with E-state index in [-0.39, 0.29) is 23.9 Å². The number of para-hydroxylation sites is 1. The first kappa shape index (κ1) is 19.4. The van der Waals surface area contributed by atoms with Gasteiger partial charge >= 0.3 is 0 Å². The number of carbonyl (C=O) groups excluding carboxylic acids is 1. The zero-order chi connectivity index (χ0) is 20.8. The molecule has 154 valence electrons. The molecular weight excluding hydrogens is 418 g/mol. The average molecular weight is 440 g/mol. The molecule has 1 N–H and O–H groups in total. The van der Waals surface area contributed by atoms with E-state index in [0.29, 0.717) is 16.5 Å². The van der Waals surface area contributed by atoms with E-state index >= 15 is 0 Å². The highest BCUT2D eigenvalue weighted by Crippen LogP contribution is 2.34. The lowest BCUT2D eigenvalue weighted by Gasteiger charge is -2.15. The van der Waals surface area contributed by atoms with Gasteiger partial charge in [-0.25, -0.2) is 9.97 Å². The summed E-state index contributed by atoms with van der Waals surface area (Å²) in [6.07, 6.45) is 2.27. The van der Waals surface area contributed by atoms with Crippen LogP contribution in [0.5, 0.6) is 0 Å². The number of nitrogens with zero attached hydrogens (tertiary/aromatic N) is 4. The number of imidazole rings is 1. The molecule has 2 aromatic heterocycles. The van der Waals surface area contributed by atoms with Gasteiger partial charge in [0.15, 0.2) is 10.3 Å². The van der Waals surface area contributed by atoms with Crippen LogP contribution in [0, 0.1) is 13.8 Å². The zero-order valence-corrected chi connectivity index (χ0v) is 18.3. The summed E-state index contributed by atoms with van der Waals surface area (Å²) in [6, 6.07) is 7.52. The fourth-order valence-corrected chi connectivity index (χ4v) is 5.92. The van der Waals surface area contributed by atoms with Gasteiger partial charge in [0, 0.05) is 47.5 Å². The highest BCUT2D eigenvalue weighted by Gasteiger charge is 2.29. The minimum absolute atomic E-state index is 0.0503. The van der Waals surface area contributed by atoms with Crippen LogP contribution in [-0.4, -0.2) is 36.5 Å². The Kier molecular flexibility index (Phi) is 4.94. The molecule has 2 aliphatic rings. The molecule has 4 heterocycles. The number of benzene rings is 1. The van der Waals surface area contributed by atoms with Crippen molar-refractivity contribution in [3.63, 3.8) is 0 Å². The average Bonchev–Trinajstić information content (AvgIpc) is 3.42. The maximum atomic E-state index is 12.9. The van der Waals surface area contributed by atoms with Crippen molar-refractivity contribution < 1.29 is 4.79 Å². The summed E-state index contributed by atoms with van der Waals surface area (Å²) in [5.74, 6) is 1.60. The molecule has 0 bridgehead atoms. The number of hydrogen-bond acceptors (Lipinski definition) is 6. The standard InChI is InChI=1S/C21H21N5O2S2/c1-12-13(2)22-21-26(19(12)28)14(11-30-21)9-18(27)23-16-6-4-3-5-15(16)17-10-25-7-8-29-20(25)24-17/h3-6,10,14H,7-9,11H2,1-2H3,(H,23,27). The first-order chi connectivity index (χ1) is 14.5. The fourth-order valence-electron chi connectivity index (χ4n) is 3.79. The molecule has 9 heteroatoms. The molecule has 5 rings (SSSR count). The van der Waals surface area contributed by atoms with Crippen molar-refractivity contribution >= 4 is 35.1 Å². The van der Waals surface area contributed by atoms with Crippen molar-refractivity contribution in [1.29, 1.82) is 0 Å². The predicted molar refractivity (Wildman–Crippen MR) is 119 cm³/mol. The van der Waals surface area contributed by atoms with E-state index < -0.39 is 0 Å². The molecule has 0 spiro atoms. The molecule has 7 nitrogen and oxygen atoms in total. The number of rotatable bonds is 4. The molecule has 30 heavy (non-hydrogen) atoms. The summed E-state index contributed by atoms with van der Waals surface area (Å²) in [7, 11) is 0. The summed E-state index contributed by atoms with van der Waals surface area (Å²) in [4.78, 5) is 34.8. The van der Waals surface area contributed by atoms with Crippen LogP contribution in [-0.2, 0) is 11.3 Å². The Morgan fingerprint density at radius 3 is 2.87 bits per heavy atom. The third kappa shape index (κ3) is 3.35. The van der Waals surface area contributed by atoms with E-state index in [1.54, 1.807) is 23.3 Å². The smallest absolute Gasteiger partial charge is 0.257 e. The SMILES string of the molecule is Cc1nc2n(c(=O)c1C)C(CC(=O)Nc1ccccc1-c1cn3c(n1)SCC3)CS2. The number of anilines is 1. The zero-order valence-electron chi connectivity index (χ0n) is 16.7. The van der Waals surface area contributed by atoms with Crippen LogP contribution in [0.1, 0.15) is 23.7 Å². The van der Waals surface area contributed by atoms with Crippen LogP contribution in [0.2, 0.25) is 0 Å². The third-order valence-electron chi connectivity index (χ3n) is 5.52. The number of hydrogen-bond donors (Lipinski definition) is 1. The van der Waals surface area contributed by atoms with Gasteiger partial charge in [-0.05, 0) is 19.9 Å². The molecule has 3 aromatic rings. The molecule has 0 saturated carbocycles. The maximum absolute atomic E-state index is 12.9. The predicted octanol–water partition coefficient (Wildman–Crippen LogP) is 3.50. The molecule has 0 radical (unpaired) electrons. The van der Waals surface area contributed by atoms with E-state index in [1.807, 2.05) is 37.4 Å². The van der Waals surface area contributed by atoms with Crippen LogP contribution in [0.15, 0.2) is 45.6 Å². The van der Waals surface area contributed by atoms with Gasteiger partial charge in [0.2, 0.25) is 5.91 Å². The maximum Gasteiger partial charge on any atom is 0.257 e. The van der Waals surface area contributed by atoms with Gasteiger partial charge in [-0.2, -0.15) is 0 Å². The Morgan fingerprint density at radius 1 is 1.20 bits per heavy atom. The van der Waals surface area contributed by atoms with E-state index in [4.69, 9.17) is 4.98 Å². The first-order valence-corrected chi connectivity index (χ1v) is 11.8. The van der Waals surface area contributed by atoms with Gasteiger partial charge in [-0.1, -0.05) is 41.7 Å². The summed E-state index contributed by atoms with van der Waals surface area (Å²) >= 11 is 3.28. The minimum atomic E-state index is -0.190. The Hall–Kier alpha value is -2.52. The highest BCUT2D eigenvalue weighted by molar-refractivity contribution is 7.99. The van der Waals surface area contributed by atoms with E-state index in [9.17, 15) is 9.59 Å². The van der Waals surface area contributed by atoms with E-state index in [1.165, 1.54) is 11.8 Å². The second kappa shape index (κ2) is 7.63. The second-order valence-electron chi connectivity index (χ2n) is 7.49. The monoisotopic (exact) mass is 439 g/mol. The number of carbonyl (C=O) groups is 1. The van der Waals surface area contributed by atoms with Crippen molar-refractivity contribution in [3.8, 4) is 11.3 Å². The molecule has 1 aromatic carbocycles. The quantitative estimate of drug-likeness (QED) is 0.627. The minimum Gasteiger partial charge on any atom is -0.325 e. The Morgan fingerprint density at radius 2 is 2.03 bits per heavy atom. The van der Waals surface area contributed by atoms with Crippen LogP contribution >= 0.6 is 23.5 Å². The van der Waals surface area contributed by atoms with Crippen molar-refractivity contribution in [1.82, 2.24) is 19.1 Å². The lowest BCUT2D eigenvalue weighted by Crippen LogP contribution is -2.29. The van der Waals surface area contributed by atoms with Gasteiger partial charge in [0.1, 0.15) is 0 Å². The number of aryl methyl sites for hydroxylation is 2. The van der Waals surface area contributed by atoms with Gasteiger partial charge in [0.05, 0.1) is 17.4 Å². The summed E-state index contributed by atoms with van der Waals surface area (Å²) in [5.41, 5.74) is 3.85. The summed E-state index contributed by atoms with van der Waals surface area (Å²) in [5, 5.41) is 4.75. The highest BCUT2D eigenvalue weighted by atomic mass is 32.2. The molecule has 1 amide bonds. The lowest BCUT2D eigenvalue weighted by atomic mass is 10.1. The molecule has 2 aliphatic heterocycles. The normalized spacial score (nSPS) is 17.1. The van der Waals surface area contributed by atoms with E-state index in [0.717, 1.165) is 40.1 Å². The molecular formula is C21H21N5O2S2. The van der Waals surface area contributed by atoms with Gasteiger partial charge in [-0.15, -0.1) is 0 Å². The number of amides is 1. The van der Waals surface area contributed by atoms with Crippen molar-refractivity contribution in [2.75, 3.05) is 16.8 Å². The molecule has 0 fully saturated rings. The van der Waals surface area contributed by atoms with Gasteiger partial charge in [-0.3, -0.25) is 14.2 Å². The number of aromatic nitrogens is 4. The number of thioether (sulfide) groups is 2. The topological polar surface area (TPSA) is 81.8 Å². The second-order valence-corrected chi connectivity index (χ2v) is 9.54. The third-order valence-corrected chi connectivity index (χ3v) is 7.59. The molecule has 0 aliphatic carbocycles. The Labute approximate surface area is 182 Å². The largest absolute Gasteiger partial charge is 0.325 e. The fraction of sp³-hybridized carbons (Fsp3) is 0.333. The molecule has 1 unspecified atom stereocenters. The Balaban J connectivity index is 1.37. The molecule has 1 atom stereocenters. The van der Waals surface area contributed by atoms with Gasteiger partial charge < -0.3 is 9.88 Å².